The second-order valence-corrected chi connectivity index (χ2v) is 10.7. The fourth-order valence-electron chi connectivity index (χ4n) is 5.68. The van der Waals surface area contributed by atoms with Crippen LogP contribution in [0.5, 0.6) is 5.75 Å². The predicted molar refractivity (Wildman–Crippen MR) is 158 cm³/mol. The molecule has 1 aliphatic rings. The zero-order chi connectivity index (χ0) is 27.9. The minimum Gasteiger partial charge on any atom is -0.449 e. The Morgan fingerprint density at radius 2 is 1.80 bits per heavy atom. The van der Waals surface area contributed by atoms with Gasteiger partial charge in [-0.05, 0) is 60.6 Å². The van der Waals surface area contributed by atoms with Gasteiger partial charge >= 0.3 is 6.16 Å². The van der Waals surface area contributed by atoms with E-state index in [0.717, 1.165) is 71.3 Å². The number of fused-ring (bicyclic) bond motifs is 1. The Balaban J connectivity index is 1.38. The van der Waals surface area contributed by atoms with E-state index < -0.39 is 6.16 Å². The first-order valence-corrected chi connectivity index (χ1v) is 14.4. The summed E-state index contributed by atoms with van der Waals surface area (Å²) in [7, 11) is 0. The van der Waals surface area contributed by atoms with Crippen LogP contribution in [-0.4, -0.2) is 26.7 Å². The SMILES string of the molecule is CCCCc1nc2ccc(NC(=O)CC3CCCCC3)cc2n1Cc1ccc(-c2ccccc2OC(=O)O)cc1. The van der Waals surface area contributed by atoms with E-state index in [1.165, 1.54) is 19.3 Å². The van der Waals surface area contributed by atoms with Crippen molar-refractivity contribution >= 4 is 28.8 Å². The van der Waals surface area contributed by atoms with Crippen LogP contribution in [0, 0.1) is 5.92 Å². The van der Waals surface area contributed by atoms with Crippen LogP contribution in [0.25, 0.3) is 22.2 Å². The first-order valence-electron chi connectivity index (χ1n) is 14.4. The molecule has 1 saturated carbocycles. The molecule has 0 bridgehead atoms. The number of para-hydroxylation sites is 1. The van der Waals surface area contributed by atoms with Crippen molar-refractivity contribution in [3.05, 3.63) is 78.1 Å². The van der Waals surface area contributed by atoms with Crippen LogP contribution in [0.1, 0.15) is 69.7 Å². The van der Waals surface area contributed by atoms with Crippen molar-refractivity contribution in [1.29, 1.82) is 0 Å². The molecule has 0 atom stereocenters. The highest BCUT2D eigenvalue weighted by atomic mass is 16.7. The Hall–Kier alpha value is -4.13. The topological polar surface area (TPSA) is 93.5 Å². The van der Waals surface area contributed by atoms with Gasteiger partial charge in [-0.25, -0.2) is 9.78 Å². The zero-order valence-corrected chi connectivity index (χ0v) is 23.1. The molecule has 0 radical (unpaired) electrons. The molecule has 1 aromatic heterocycles. The average molecular weight is 540 g/mol. The third-order valence-electron chi connectivity index (χ3n) is 7.75. The Labute approximate surface area is 235 Å². The van der Waals surface area contributed by atoms with Crippen molar-refractivity contribution in [2.45, 2.75) is 71.3 Å². The number of carboxylic acid groups (broad SMARTS) is 1. The van der Waals surface area contributed by atoms with Gasteiger partial charge in [0, 0.05) is 30.6 Å². The van der Waals surface area contributed by atoms with Gasteiger partial charge in [0.05, 0.1) is 11.0 Å². The lowest BCUT2D eigenvalue weighted by molar-refractivity contribution is -0.117. The minimum absolute atomic E-state index is 0.0891. The van der Waals surface area contributed by atoms with E-state index in [0.29, 0.717) is 24.6 Å². The van der Waals surface area contributed by atoms with Gasteiger partial charge in [0.25, 0.3) is 0 Å². The predicted octanol–water partition coefficient (Wildman–Crippen LogP) is 8.06. The number of carbonyl (C=O) groups is 2. The van der Waals surface area contributed by atoms with Gasteiger partial charge in [-0.2, -0.15) is 0 Å². The summed E-state index contributed by atoms with van der Waals surface area (Å²) in [6.07, 6.45) is 8.31. The number of carbonyl (C=O) groups excluding carboxylic acids is 1. The molecule has 7 heteroatoms. The molecule has 2 N–H and O–H groups in total. The summed E-state index contributed by atoms with van der Waals surface area (Å²) in [5.74, 6) is 1.93. The molecule has 1 amide bonds. The van der Waals surface area contributed by atoms with Crippen molar-refractivity contribution in [3.8, 4) is 16.9 Å². The maximum Gasteiger partial charge on any atom is 0.511 e. The molecule has 3 aromatic carbocycles. The molecule has 0 aliphatic heterocycles. The van der Waals surface area contributed by atoms with Gasteiger partial charge in [-0.1, -0.05) is 75.1 Å². The van der Waals surface area contributed by atoms with Crippen LogP contribution >= 0.6 is 0 Å². The van der Waals surface area contributed by atoms with E-state index in [1.807, 2.05) is 42.5 Å². The Kier molecular flexibility index (Phi) is 8.79. The van der Waals surface area contributed by atoms with E-state index in [-0.39, 0.29) is 5.91 Å². The Bertz CT molecular complexity index is 1470. The molecular weight excluding hydrogens is 502 g/mol. The van der Waals surface area contributed by atoms with Gasteiger partial charge in [-0.15, -0.1) is 0 Å². The number of rotatable bonds is 10. The minimum atomic E-state index is -1.33. The summed E-state index contributed by atoms with van der Waals surface area (Å²) in [5.41, 5.74) is 5.44. The second kappa shape index (κ2) is 12.8. The van der Waals surface area contributed by atoms with Crippen LogP contribution in [0.15, 0.2) is 66.7 Å². The second-order valence-electron chi connectivity index (χ2n) is 10.7. The standard InChI is InChI=1S/C33H37N3O4/c1-2-3-13-31-35-28-19-18-26(34-32(37)20-23-9-5-4-6-10-23)21-29(28)36(31)22-24-14-16-25(17-15-24)27-11-7-8-12-30(27)40-33(38)39/h7-8,11-12,14-19,21,23H,2-6,9-10,13,20,22H2,1H3,(H,34,37)(H,38,39). The number of nitrogens with one attached hydrogen (secondary N) is 1. The Morgan fingerprint density at radius 3 is 2.55 bits per heavy atom. The quantitative estimate of drug-likeness (QED) is 0.157. The molecular formula is C33H37N3O4. The highest BCUT2D eigenvalue weighted by Crippen LogP contribution is 2.31. The molecule has 208 valence electrons. The fraction of sp³-hybridized carbons (Fsp3) is 0.364. The van der Waals surface area contributed by atoms with E-state index in [9.17, 15) is 9.59 Å². The average Bonchev–Trinajstić information content (AvgIpc) is 3.29. The number of imidazole rings is 1. The van der Waals surface area contributed by atoms with Crippen molar-refractivity contribution in [3.63, 3.8) is 0 Å². The maximum absolute atomic E-state index is 12.8. The van der Waals surface area contributed by atoms with Crippen LogP contribution in [0.4, 0.5) is 10.5 Å². The normalized spacial score (nSPS) is 13.8. The maximum atomic E-state index is 12.8. The van der Waals surface area contributed by atoms with E-state index in [4.69, 9.17) is 14.8 Å². The third-order valence-corrected chi connectivity index (χ3v) is 7.75. The van der Waals surface area contributed by atoms with Gasteiger partial charge in [0.15, 0.2) is 0 Å². The van der Waals surface area contributed by atoms with Gasteiger partial charge < -0.3 is 19.7 Å². The number of hydrogen-bond donors (Lipinski definition) is 2. The molecule has 1 aliphatic carbocycles. The van der Waals surface area contributed by atoms with Crippen LogP contribution in [0.3, 0.4) is 0 Å². The lowest BCUT2D eigenvalue weighted by atomic mass is 9.87. The molecule has 5 rings (SSSR count). The monoisotopic (exact) mass is 539 g/mol. The summed E-state index contributed by atoms with van der Waals surface area (Å²) >= 11 is 0. The molecule has 0 saturated heterocycles. The number of benzene rings is 3. The number of nitrogens with zero attached hydrogens (tertiary/aromatic N) is 2. The molecule has 1 heterocycles. The first-order chi connectivity index (χ1) is 19.5. The number of aryl methyl sites for hydroxylation is 1. The number of ether oxygens (including phenoxy) is 1. The zero-order valence-electron chi connectivity index (χ0n) is 23.1. The number of aromatic nitrogens is 2. The smallest absolute Gasteiger partial charge is 0.449 e. The number of unbranched alkanes of at least 4 members (excludes halogenated alkanes) is 1. The van der Waals surface area contributed by atoms with Crippen molar-refractivity contribution in [1.82, 2.24) is 9.55 Å². The summed E-state index contributed by atoms with van der Waals surface area (Å²) < 4.78 is 7.22. The number of hydrogen-bond acceptors (Lipinski definition) is 4. The van der Waals surface area contributed by atoms with Crippen molar-refractivity contribution in [2.75, 3.05) is 5.32 Å². The highest BCUT2D eigenvalue weighted by Gasteiger charge is 2.18. The van der Waals surface area contributed by atoms with Crippen LogP contribution in [-0.2, 0) is 17.8 Å². The van der Waals surface area contributed by atoms with E-state index >= 15 is 0 Å². The van der Waals surface area contributed by atoms with Gasteiger partial charge in [-0.3, -0.25) is 4.79 Å². The summed E-state index contributed by atoms with van der Waals surface area (Å²) in [6.45, 7) is 2.82. The van der Waals surface area contributed by atoms with Gasteiger partial charge in [0.2, 0.25) is 5.91 Å². The molecule has 1 fully saturated rings. The number of amides is 1. The van der Waals surface area contributed by atoms with Crippen LogP contribution < -0.4 is 10.1 Å². The van der Waals surface area contributed by atoms with Crippen molar-refractivity contribution in [2.24, 2.45) is 5.92 Å². The van der Waals surface area contributed by atoms with E-state index in [2.05, 4.69) is 28.9 Å². The highest BCUT2D eigenvalue weighted by molar-refractivity contribution is 5.93. The molecule has 0 spiro atoms. The summed E-state index contributed by atoms with van der Waals surface area (Å²) in [6, 6.07) is 21.2. The first kappa shape index (κ1) is 27.4. The lowest BCUT2D eigenvalue weighted by Crippen LogP contribution is -2.18. The third kappa shape index (κ3) is 6.71. The molecule has 4 aromatic rings. The number of anilines is 1. The summed E-state index contributed by atoms with van der Waals surface area (Å²) in [4.78, 5) is 28.9. The Morgan fingerprint density at radius 1 is 1.02 bits per heavy atom. The van der Waals surface area contributed by atoms with Crippen molar-refractivity contribution < 1.29 is 19.4 Å². The largest absolute Gasteiger partial charge is 0.511 e. The summed E-state index contributed by atoms with van der Waals surface area (Å²) in [5, 5.41) is 12.2. The molecule has 7 nitrogen and oxygen atoms in total. The molecule has 40 heavy (non-hydrogen) atoms. The van der Waals surface area contributed by atoms with Crippen LogP contribution in [0.2, 0.25) is 0 Å². The van der Waals surface area contributed by atoms with E-state index in [1.54, 1.807) is 12.1 Å². The van der Waals surface area contributed by atoms with Gasteiger partial charge in [0.1, 0.15) is 11.6 Å². The lowest BCUT2D eigenvalue weighted by Gasteiger charge is -2.20. The fourth-order valence-corrected chi connectivity index (χ4v) is 5.68. The molecule has 0 unspecified atom stereocenters.